The molecule has 0 saturated heterocycles. The van der Waals surface area contributed by atoms with Crippen molar-refractivity contribution in [2.45, 2.75) is 44.2 Å². The predicted molar refractivity (Wildman–Crippen MR) is 82.5 cm³/mol. The second-order valence-electron chi connectivity index (χ2n) is 5.18. The van der Waals surface area contributed by atoms with Crippen molar-refractivity contribution < 1.29 is 4.74 Å². The van der Waals surface area contributed by atoms with Gasteiger partial charge in [-0.3, -0.25) is 0 Å². The van der Waals surface area contributed by atoms with Gasteiger partial charge in [0.1, 0.15) is 5.75 Å². The lowest BCUT2D eigenvalue weighted by Crippen LogP contribution is -2.37. The molecule has 0 aromatic heterocycles. The lowest BCUT2D eigenvalue weighted by molar-refractivity contribution is 0.340. The molecule has 1 fully saturated rings. The molecular formula is C15H23BrN2O. The molecule has 1 aromatic rings. The largest absolute Gasteiger partial charge is 0.496 e. The molecule has 19 heavy (non-hydrogen) atoms. The summed E-state index contributed by atoms with van der Waals surface area (Å²) >= 11 is 3.54. The van der Waals surface area contributed by atoms with Gasteiger partial charge in [0, 0.05) is 18.6 Å². The third-order valence-corrected chi connectivity index (χ3v) is 4.48. The zero-order chi connectivity index (χ0) is 13.7. The molecular weight excluding hydrogens is 304 g/mol. The van der Waals surface area contributed by atoms with E-state index in [0.717, 1.165) is 10.2 Å². The van der Waals surface area contributed by atoms with Crippen LogP contribution in [0.2, 0.25) is 0 Å². The second-order valence-corrected chi connectivity index (χ2v) is 6.04. The molecule has 1 aliphatic rings. The molecule has 1 aliphatic carbocycles. The third kappa shape index (κ3) is 3.94. The van der Waals surface area contributed by atoms with Gasteiger partial charge in [0.05, 0.1) is 11.6 Å². The topological polar surface area (TPSA) is 47.3 Å². The average molecular weight is 327 g/mol. The summed E-state index contributed by atoms with van der Waals surface area (Å²) in [7, 11) is 1.68. The number of rotatable bonds is 5. The van der Waals surface area contributed by atoms with E-state index in [0.29, 0.717) is 12.6 Å². The van der Waals surface area contributed by atoms with Crippen LogP contribution in [0.4, 0.5) is 0 Å². The minimum absolute atomic E-state index is 0.227. The molecule has 3 N–H and O–H groups in total. The van der Waals surface area contributed by atoms with Crippen molar-refractivity contribution in [2.75, 3.05) is 13.7 Å². The van der Waals surface area contributed by atoms with Crippen molar-refractivity contribution in [1.82, 2.24) is 5.32 Å². The van der Waals surface area contributed by atoms with Crippen LogP contribution in [0, 0.1) is 0 Å². The fourth-order valence-electron chi connectivity index (χ4n) is 2.75. The Bertz CT molecular complexity index is 405. The summed E-state index contributed by atoms with van der Waals surface area (Å²) in [4.78, 5) is 0. The number of nitrogens with two attached hydrogens (primary N) is 1. The number of nitrogens with one attached hydrogen (secondary N) is 1. The highest BCUT2D eigenvalue weighted by Crippen LogP contribution is 2.29. The van der Waals surface area contributed by atoms with E-state index in [-0.39, 0.29) is 6.04 Å². The first-order valence-corrected chi connectivity index (χ1v) is 7.83. The Morgan fingerprint density at radius 1 is 1.37 bits per heavy atom. The monoisotopic (exact) mass is 326 g/mol. The van der Waals surface area contributed by atoms with Crippen molar-refractivity contribution in [1.29, 1.82) is 0 Å². The summed E-state index contributed by atoms with van der Waals surface area (Å²) in [6, 6.07) is 7.03. The average Bonchev–Trinajstić information content (AvgIpc) is 2.46. The fourth-order valence-corrected chi connectivity index (χ4v) is 3.31. The minimum Gasteiger partial charge on any atom is -0.496 e. The molecule has 0 radical (unpaired) electrons. The Morgan fingerprint density at radius 3 is 2.68 bits per heavy atom. The van der Waals surface area contributed by atoms with Gasteiger partial charge in [0.25, 0.3) is 0 Å². The van der Waals surface area contributed by atoms with E-state index in [1.54, 1.807) is 7.11 Å². The Kier molecular flexibility index (Phi) is 5.67. The Hall–Kier alpha value is -0.580. The lowest BCUT2D eigenvalue weighted by atomic mass is 9.94. The van der Waals surface area contributed by atoms with Crippen LogP contribution in [0.3, 0.4) is 0 Å². The minimum atomic E-state index is 0.227. The molecule has 4 heteroatoms. The van der Waals surface area contributed by atoms with Crippen molar-refractivity contribution >= 4 is 15.9 Å². The first-order chi connectivity index (χ1) is 9.24. The molecule has 0 aliphatic heterocycles. The van der Waals surface area contributed by atoms with Crippen LogP contribution in [0.5, 0.6) is 5.75 Å². The zero-order valence-corrected chi connectivity index (χ0v) is 13.1. The highest BCUT2D eigenvalue weighted by Gasteiger charge is 2.18. The van der Waals surface area contributed by atoms with E-state index in [1.165, 1.54) is 37.7 Å². The number of hydrogen-bond donors (Lipinski definition) is 2. The van der Waals surface area contributed by atoms with Crippen molar-refractivity contribution in [3.63, 3.8) is 0 Å². The molecule has 1 saturated carbocycles. The zero-order valence-electron chi connectivity index (χ0n) is 11.5. The van der Waals surface area contributed by atoms with E-state index in [9.17, 15) is 0 Å². The first-order valence-electron chi connectivity index (χ1n) is 7.04. The van der Waals surface area contributed by atoms with Gasteiger partial charge < -0.3 is 15.8 Å². The van der Waals surface area contributed by atoms with Crippen LogP contribution >= 0.6 is 15.9 Å². The summed E-state index contributed by atoms with van der Waals surface area (Å²) in [5.41, 5.74) is 7.16. The molecule has 0 heterocycles. The van der Waals surface area contributed by atoms with Gasteiger partial charge in [0.15, 0.2) is 0 Å². The van der Waals surface area contributed by atoms with E-state index >= 15 is 0 Å². The second kappa shape index (κ2) is 7.27. The van der Waals surface area contributed by atoms with Gasteiger partial charge in [-0.1, -0.05) is 25.3 Å². The number of ether oxygens (including phenoxy) is 1. The van der Waals surface area contributed by atoms with Crippen LogP contribution in [-0.2, 0) is 0 Å². The maximum Gasteiger partial charge on any atom is 0.133 e. The first kappa shape index (κ1) is 14.8. The number of benzene rings is 1. The predicted octanol–water partition coefficient (Wildman–Crippen LogP) is 3.38. The van der Waals surface area contributed by atoms with Crippen LogP contribution in [0.15, 0.2) is 22.7 Å². The molecule has 106 valence electrons. The lowest BCUT2D eigenvalue weighted by Gasteiger charge is -2.28. The van der Waals surface area contributed by atoms with Gasteiger partial charge in [-0.25, -0.2) is 0 Å². The van der Waals surface area contributed by atoms with Crippen LogP contribution in [0.1, 0.15) is 43.7 Å². The molecule has 0 spiro atoms. The molecule has 0 bridgehead atoms. The van der Waals surface area contributed by atoms with Gasteiger partial charge in [0.2, 0.25) is 0 Å². The molecule has 2 rings (SSSR count). The number of halogens is 1. The standard InChI is InChI=1S/C15H23BrN2O/c1-19-15-8-7-11(9-13(15)16)14(10-17)18-12-5-3-2-4-6-12/h7-9,12,14,18H,2-6,10,17H2,1H3. The summed E-state index contributed by atoms with van der Waals surface area (Å²) in [5.74, 6) is 0.859. The van der Waals surface area contributed by atoms with Crippen molar-refractivity contribution in [3.8, 4) is 5.75 Å². The van der Waals surface area contributed by atoms with Gasteiger partial charge in [-0.2, -0.15) is 0 Å². The van der Waals surface area contributed by atoms with Crippen molar-refractivity contribution in [3.05, 3.63) is 28.2 Å². The smallest absolute Gasteiger partial charge is 0.133 e. The SMILES string of the molecule is COc1ccc(C(CN)NC2CCCCC2)cc1Br. The van der Waals surface area contributed by atoms with E-state index in [4.69, 9.17) is 10.5 Å². The normalized spacial score (nSPS) is 18.3. The number of hydrogen-bond acceptors (Lipinski definition) is 3. The Balaban J connectivity index is 2.05. The van der Waals surface area contributed by atoms with Gasteiger partial charge in [-0.15, -0.1) is 0 Å². The van der Waals surface area contributed by atoms with Gasteiger partial charge in [-0.05, 0) is 46.5 Å². The van der Waals surface area contributed by atoms with Crippen LogP contribution in [0.25, 0.3) is 0 Å². The highest BCUT2D eigenvalue weighted by molar-refractivity contribution is 9.10. The Labute approximate surface area is 124 Å². The van der Waals surface area contributed by atoms with Crippen LogP contribution < -0.4 is 15.8 Å². The van der Waals surface area contributed by atoms with Gasteiger partial charge >= 0.3 is 0 Å². The fraction of sp³-hybridized carbons (Fsp3) is 0.600. The quantitative estimate of drug-likeness (QED) is 0.872. The highest BCUT2D eigenvalue weighted by atomic mass is 79.9. The molecule has 3 nitrogen and oxygen atoms in total. The maximum atomic E-state index is 5.93. The van der Waals surface area contributed by atoms with E-state index in [1.807, 2.05) is 6.07 Å². The van der Waals surface area contributed by atoms with Crippen molar-refractivity contribution in [2.24, 2.45) is 5.73 Å². The molecule has 1 aromatic carbocycles. The maximum absolute atomic E-state index is 5.93. The summed E-state index contributed by atoms with van der Waals surface area (Å²) in [6.45, 7) is 0.620. The summed E-state index contributed by atoms with van der Waals surface area (Å²) in [5, 5.41) is 3.70. The molecule has 1 unspecified atom stereocenters. The van der Waals surface area contributed by atoms with Crippen LogP contribution in [-0.4, -0.2) is 19.7 Å². The summed E-state index contributed by atoms with van der Waals surface area (Å²) < 4.78 is 6.25. The van der Waals surface area contributed by atoms with E-state index in [2.05, 4.69) is 33.4 Å². The number of methoxy groups -OCH3 is 1. The van der Waals surface area contributed by atoms with E-state index < -0.39 is 0 Å². The third-order valence-electron chi connectivity index (χ3n) is 3.86. The Morgan fingerprint density at radius 2 is 2.11 bits per heavy atom. The molecule has 1 atom stereocenters. The molecule has 0 amide bonds. The summed E-state index contributed by atoms with van der Waals surface area (Å²) in [6.07, 6.45) is 6.59.